The van der Waals surface area contributed by atoms with Crippen LogP contribution >= 0.6 is 0 Å². The Balaban J connectivity index is 1.60. The third-order valence-electron chi connectivity index (χ3n) is 6.22. The minimum Gasteiger partial charge on any atom is -0.437 e. The van der Waals surface area contributed by atoms with E-state index in [1.807, 2.05) is 73.1 Å². The van der Waals surface area contributed by atoms with Gasteiger partial charge in [-0.25, -0.2) is 9.55 Å². The van der Waals surface area contributed by atoms with Crippen molar-refractivity contribution in [1.29, 1.82) is 0 Å². The molecule has 154 valence electrons. The number of aromatic nitrogens is 2. The van der Waals surface area contributed by atoms with Crippen LogP contribution in [0.1, 0.15) is 15.2 Å². The molecular weight excluding hydrogens is 392 g/mol. The van der Waals surface area contributed by atoms with E-state index in [0.29, 0.717) is 16.8 Å². The van der Waals surface area contributed by atoms with Crippen LogP contribution in [0.3, 0.4) is 0 Å². The van der Waals surface area contributed by atoms with Gasteiger partial charge < -0.3 is 4.42 Å². The minimum absolute atomic E-state index is 0.327. The van der Waals surface area contributed by atoms with Crippen molar-refractivity contribution >= 4 is 33.0 Å². The van der Waals surface area contributed by atoms with Crippen LogP contribution in [0.5, 0.6) is 0 Å². The smallest absolute Gasteiger partial charge is 0.227 e. The van der Waals surface area contributed by atoms with Crippen LogP contribution in [-0.4, -0.2) is 4.98 Å². The Morgan fingerprint density at radius 2 is 1.69 bits per heavy atom. The number of aryl methyl sites for hydroxylation is 3. The maximum atomic E-state index is 8.11. The van der Waals surface area contributed by atoms with Gasteiger partial charge in [0, 0.05) is 37.5 Å². The van der Waals surface area contributed by atoms with E-state index in [9.17, 15) is 0 Å². The highest BCUT2D eigenvalue weighted by Gasteiger charge is 2.20. The van der Waals surface area contributed by atoms with E-state index in [1.54, 1.807) is 6.20 Å². The molecule has 0 aliphatic carbocycles. The lowest BCUT2D eigenvalue weighted by atomic mass is 9.96. The van der Waals surface area contributed by atoms with E-state index in [2.05, 4.69) is 24.3 Å². The number of hydrogen-bond acceptors (Lipinski definition) is 2. The van der Waals surface area contributed by atoms with Gasteiger partial charge in [0.1, 0.15) is 12.6 Å². The van der Waals surface area contributed by atoms with Crippen LogP contribution < -0.4 is 4.57 Å². The Kier molecular flexibility index (Phi) is 3.46. The molecule has 0 N–H and O–H groups in total. The van der Waals surface area contributed by atoms with E-state index < -0.39 is 6.85 Å². The van der Waals surface area contributed by atoms with Gasteiger partial charge in [-0.05, 0) is 49.2 Å². The first-order valence-corrected chi connectivity index (χ1v) is 10.6. The number of benzene rings is 3. The maximum absolute atomic E-state index is 8.11. The van der Waals surface area contributed by atoms with Crippen LogP contribution in [0.2, 0.25) is 0 Å². The highest BCUT2D eigenvalue weighted by molar-refractivity contribution is 6.09. The largest absolute Gasteiger partial charge is 0.437 e. The summed E-state index contributed by atoms with van der Waals surface area (Å²) in [5.74, 6) is 0. The summed E-state index contributed by atoms with van der Waals surface area (Å²) in [6, 6.07) is 25.9. The molecular formula is C29H23N2O+. The Morgan fingerprint density at radius 1 is 0.875 bits per heavy atom. The molecule has 3 nitrogen and oxygen atoms in total. The topological polar surface area (TPSA) is 29.9 Å². The van der Waals surface area contributed by atoms with Gasteiger partial charge >= 0.3 is 0 Å². The lowest BCUT2D eigenvalue weighted by Gasteiger charge is -2.10. The third kappa shape index (κ3) is 2.82. The highest BCUT2D eigenvalue weighted by Crippen LogP contribution is 2.36. The molecule has 3 heteroatoms. The number of para-hydroxylation sites is 1. The van der Waals surface area contributed by atoms with Crippen molar-refractivity contribution in [3.05, 3.63) is 96.2 Å². The fraction of sp³-hybridized carbons (Fsp3) is 0.103. The predicted molar refractivity (Wildman–Crippen MR) is 131 cm³/mol. The molecule has 0 aliphatic heterocycles. The normalized spacial score (nSPS) is 13.4. The molecule has 0 fully saturated rings. The highest BCUT2D eigenvalue weighted by atomic mass is 16.3. The van der Waals surface area contributed by atoms with Crippen LogP contribution in [0, 0.1) is 13.8 Å². The standard InChI is InChI=1S/C29H23N2O/c1-18-17-31(3)27(16-24(18)20-9-5-4-6-10-20)22-13-14-23-25-15-21-11-7-8-12-26(21)30-29(25)32-28(23)19(22)2/h4-17H,1-3H3/q+1/i1D3. The molecule has 0 aliphatic rings. The second-order valence-electron chi connectivity index (χ2n) is 8.21. The molecule has 6 aromatic rings. The first kappa shape index (κ1) is 15.8. The molecule has 0 spiro atoms. The zero-order chi connectivity index (χ0) is 24.3. The Morgan fingerprint density at radius 3 is 2.53 bits per heavy atom. The first-order chi connectivity index (χ1) is 16.8. The number of furan rings is 1. The van der Waals surface area contributed by atoms with E-state index in [4.69, 9.17) is 13.5 Å². The van der Waals surface area contributed by atoms with Crippen molar-refractivity contribution in [3.63, 3.8) is 0 Å². The summed E-state index contributed by atoms with van der Waals surface area (Å²) < 4.78 is 32.5. The lowest BCUT2D eigenvalue weighted by Crippen LogP contribution is -2.31. The summed E-state index contributed by atoms with van der Waals surface area (Å²) in [6.07, 6.45) is 1.72. The van der Waals surface area contributed by atoms with E-state index in [-0.39, 0.29) is 0 Å². The number of nitrogens with zero attached hydrogens (tertiary/aromatic N) is 2. The monoisotopic (exact) mass is 418 g/mol. The number of rotatable bonds is 2. The van der Waals surface area contributed by atoms with Crippen LogP contribution in [-0.2, 0) is 7.05 Å². The minimum atomic E-state index is -2.23. The summed E-state index contributed by atoms with van der Waals surface area (Å²) >= 11 is 0. The van der Waals surface area contributed by atoms with Crippen LogP contribution in [0.4, 0.5) is 0 Å². The zero-order valence-corrected chi connectivity index (χ0v) is 17.9. The molecule has 0 atom stereocenters. The fourth-order valence-electron chi connectivity index (χ4n) is 4.55. The molecule has 0 radical (unpaired) electrons. The summed E-state index contributed by atoms with van der Waals surface area (Å²) in [4.78, 5) is 4.73. The molecule has 0 saturated carbocycles. The molecule has 0 bridgehead atoms. The molecule has 3 heterocycles. The van der Waals surface area contributed by atoms with Gasteiger partial charge in [-0.15, -0.1) is 0 Å². The van der Waals surface area contributed by atoms with Crippen molar-refractivity contribution in [1.82, 2.24) is 4.98 Å². The second kappa shape index (κ2) is 7.03. The van der Waals surface area contributed by atoms with Crippen LogP contribution in [0.25, 0.3) is 55.4 Å². The molecule has 0 saturated heterocycles. The Hall–Kier alpha value is -3.98. The number of fused-ring (bicyclic) bond motifs is 4. The van der Waals surface area contributed by atoms with Crippen LogP contribution in [0.15, 0.2) is 89.5 Å². The lowest BCUT2D eigenvalue weighted by molar-refractivity contribution is -0.660. The molecule has 0 amide bonds. The summed E-state index contributed by atoms with van der Waals surface area (Å²) in [5, 5.41) is 3.08. The van der Waals surface area contributed by atoms with E-state index in [1.165, 1.54) is 0 Å². The molecule has 32 heavy (non-hydrogen) atoms. The second-order valence-corrected chi connectivity index (χ2v) is 8.21. The van der Waals surface area contributed by atoms with E-state index >= 15 is 0 Å². The third-order valence-corrected chi connectivity index (χ3v) is 6.22. The Labute approximate surface area is 190 Å². The van der Waals surface area contributed by atoms with Crippen molar-refractivity contribution in [2.45, 2.75) is 13.8 Å². The van der Waals surface area contributed by atoms with Gasteiger partial charge in [0.15, 0.2) is 6.20 Å². The van der Waals surface area contributed by atoms with Gasteiger partial charge in [0.2, 0.25) is 11.4 Å². The SMILES string of the molecule is [2H]C([2H])([2H])c1c[n+](C)c(-c2ccc3c(oc4nc5ccccc5cc43)c2C)cc1-c1ccccc1. The van der Waals surface area contributed by atoms with Crippen molar-refractivity contribution in [3.8, 4) is 22.4 Å². The predicted octanol–water partition coefficient (Wildman–Crippen LogP) is 6.91. The average Bonchev–Trinajstić information content (AvgIpc) is 3.21. The molecule has 0 unspecified atom stereocenters. The van der Waals surface area contributed by atoms with Crippen molar-refractivity contribution in [2.75, 3.05) is 0 Å². The van der Waals surface area contributed by atoms with Crippen molar-refractivity contribution < 1.29 is 13.1 Å². The first-order valence-electron chi connectivity index (χ1n) is 12.1. The summed E-state index contributed by atoms with van der Waals surface area (Å²) in [5.41, 5.74) is 7.10. The Bertz CT molecular complexity index is 1750. The zero-order valence-electron chi connectivity index (χ0n) is 20.9. The molecule has 3 aromatic carbocycles. The number of hydrogen-bond donors (Lipinski definition) is 0. The summed E-state index contributed by atoms with van der Waals surface area (Å²) in [7, 11) is 1.88. The quantitative estimate of drug-likeness (QED) is 0.286. The van der Waals surface area contributed by atoms with Gasteiger partial charge in [-0.3, -0.25) is 0 Å². The number of pyridine rings is 2. The fourth-order valence-corrected chi connectivity index (χ4v) is 4.55. The van der Waals surface area contributed by atoms with E-state index in [0.717, 1.165) is 49.6 Å². The van der Waals surface area contributed by atoms with Gasteiger partial charge in [0.05, 0.1) is 11.1 Å². The summed E-state index contributed by atoms with van der Waals surface area (Å²) in [6.45, 7) is -0.188. The molecule has 3 aromatic heterocycles. The molecule has 6 rings (SSSR count). The van der Waals surface area contributed by atoms with Crippen molar-refractivity contribution in [2.24, 2.45) is 7.05 Å². The maximum Gasteiger partial charge on any atom is 0.227 e. The van der Waals surface area contributed by atoms with Gasteiger partial charge in [-0.1, -0.05) is 48.5 Å². The van der Waals surface area contributed by atoms with Gasteiger partial charge in [0.25, 0.3) is 0 Å². The van der Waals surface area contributed by atoms with Gasteiger partial charge in [-0.2, -0.15) is 0 Å². The average molecular weight is 419 g/mol.